The third-order valence-corrected chi connectivity index (χ3v) is 3.79. The quantitative estimate of drug-likeness (QED) is 0.674. The van der Waals surface area contributed by atoms with Gasteiger partial charge in [-0.05, 0) is 37.1 Å². The number of nitrogens with zero attached hydrogens (tertiary/aromatic N) is 3. The van der Waals surface area contributed by atoms with E-state index in [2.05, 4.69) is 10.3 Å². The molecule has 2 aromatic rings. The van der Waals surface area contributed by atoms with Crippen molar-refractivity contribution in [1.82, 2.24) is 15.2 Å². The van der Waals surface area contributed by atoms with E-state index in [-0.39, 0.29) is 17.8 Å². The fourth-order valence-corrected chi connectivity index (χ4v) is 2.31. The van der Waals surface area contributed by atoms with Crippen LogP contribution >= 0.6 is 0 Å². The molecule has 1 atom stereocenters. The van der Waals surface area contributed by atoms with Gasteiger partial charge in [0.05, 0.1) is 11.0 Å². The molecular formula is C17H20N4O3. The van der Waals surface area contributed by atoms with Crippen molar-refractivity contribution < 1.29 is 9.72 Å². The predicted molar refractivity (Wildman–Crippen MR) is 90.5 cm³/mol. The summed E-state index contributed by atoms with van der Waals surface area (Å²) in [6.45, 7) is 3.94. The van der Waals surface area contributed by atoms with Crippen molar-refractivity contribution in [2.45, 2.75) is 26.4 Å². The fourth-order valence-electron chi connectivity index (χ4n) is 2.31. The third-order valence-electron chi connectivity index (χ3n) is 3.79. The maximum absolute atomic E-state index is 12.3. The first-order valence-corrected chi connectivity index (χ1v) is 7.54. The monoisotopic (exact) mass is 328 g/mol. The number of hydrogen-bond donors (Lipinski definition) is 1. The summed E-state index contributed by atoms with van der Waals surface area (Å²) < 4.78 is 0. The van der Waals surface area contributed by atoms with E-state index < -0.39 is 4.92 Å². The second-order valence-corrected chi connectivity index (χ2v) is 5.69. The summed E-state index contributed by atoms with van der Waals surface area (Å²) in [7, 11) is 1.69. The number of rotatable bonds is 5. The molecule has 0 saturated heterocycles. The highest BCUT2D eigenvalue weighted by molar-refractivity contribution is 5.74. The number of carbonyl (C=O) groups excluding carboxylic acids is 1. The van der Waals surface area contributed by atoms with Gasteiger partial charge in [-0.15, -0.1) is 0 Å². The van der Waals surface area contributed by atoms with Crippen molar-refractivity contribution >= 4 is 11.7 Å². The zero-order chi connectivity index (χ0) is 17.7. The maximum atomic E-state index is 12.3. The lowest BCUT2D eigenvalue weighted by Gasteiger charge is -2.21. The van der Waals surface area contributed by atoms with E-state index in [1.807, 2.05) is 12.1 Å². The largest absolute Gasteiger partial charge is 0.331 e. The average molecular weight is 328 g/mol. The zero-order valence-electron chi connectivity index (χ0n) is 13.9. The highest BCUT2D eigenvalue weighted by atomic mass is 16.6. The van der Waals surface area contributed by atoms with Crippen molar-refractivity contribution in [3.05, 3.63) is 69.5 Å². The number of aromatic nitrogens is 1. The first-order valence-electron chi connectivity index (χ1n) is 7.54. The van der Waals surface area contributed by atoms with Gasteiger partial charge < -0.3 is 10.2 Å². The second kappa shape index (κ2) is 7.54. The van der Waals surface area contributed by atoms with E-state index in [0.29, 0.717) is 17.7 Å². The van der Waals surface area contributed by atoms with Crippen LogP contribution in [0.2, 0.25) is 0 Å². The summed E-state index contributed by atoms with van der Waals surface area (Å²) in [5.74, 6) is 0. The Bertz CT molecular complexity index is 734. The lowest BCUT2D eigenvalue weighted by Crippen LogP contribution is -2.38. The number of nitro benzene ring substituents is 1. The molecule has 7 nitrogen and oxygen atoms in total. The van der Waals surface area contributed by atoms with Gasteiger partial charge in [0.25, 0.3) is 5.69 Å². The number of urea groups is 1. The Labute approximate surface area is 140 Å². The summed E-state index contributed by atoms with van der Waals surface area (Å²) in [6.07, 6.45) is 3.35. The standard InChI is InChI=1S/C17H20N4O3/c1-12-4-5-15(10-16(12)21(23)24)13(2)19-17(22)20(3)11-14-6-8-18-9-7-14/h4-10,13H,11H2,1-3H3,(H,19,22)/t13-/m0/s1. The summed E-state index contributed by atoms with van der Waals surface area (Å²) in [4.78, 5) is 28.4. The van der Waals surface area contributed by atoms with E-state index >= 15 is 0 Å². The molecule has 0 aliphatic heterocycles. The van der Waals surface area contributed by atoms with Crippen LogP contribution in [-0.4, -0.2) is 27.9 Å². The number of nitro groups is 1. The first kappa shape index (κ1) is 17.4. The molecule has 0 aliphatic rings. The van der Waals surface area contributed by atoms with Crippen LogP contribution < -0.4 is 5.32 Å². The Morgan fingerprint density at radius 3 is 2.62 bits per heavy atom. The third kappa shape index (κ3) is 4.28. The number of carbonyl (C=O) groups is 1. The highest BCUT2D eigenvalue weighted by Gasteiger charge is 2.17. The van der Waals surface area contributed by atoms with Crippen LogP contribution in [0.3, 0.4) is 0 Å². The van der Waals surface area contributed by atoms with E-state index in [0.717, 1.165) is 5.56 Å². The van der Waals surface area contributed by atoms with Crippen LogP contribution in [-0.2, 0) is 6.54 Å². The first-order chi connectivity index (χ1) is 11.4. The van der Waals surface area contributed by atoms with Crippen LogP contribution in [0.5, 0.6) is 0 Å². The zero-order valence-corrected chi connectivity index (χ0v) is 13.9. The van der Waals surface area contributed by atoms with Gasteiger partial charge in [0.15, 0.2) is 0 Å². The molecule has 1 aromatic heterocycles. The van der Waals surface area contributed by atoms with Gasteiger partial charge in [-0.1, -0.05) is 12.1 Å². The van der Waals surface area contributed by atoms with Gasteiger partial charge in [-0.25, -0.2) is 4.79 Å². The number of hydrogen-bond acceptors (Lipinski definition) is 4. The molecule has 24 heavy (non-hydrogen) atoms. The summed E-state index contributed by atoms with van der Waals surface area (Å²) in [5, 5.41) is 13.9. The van der Waals surface area contributed by atoms with Crippen LogP contribution in [0.4, 0.5) is 10.5 Å². The number of nitrogens with one attached hydrogen (secondary N) is 1. The van der Waals surface area contributed by atoms with Crippen molar-refractivity contribution in [2.24, 2.45) is 0 Å². The normalized spacial score (nSPS) is 11.6. The van der Waals surface area contributed by atoms with Gasteiger partial charge in [-0.3, -0.25) is 15.1 Å². The molecule has 0 unspecified atom stereocenters. The molecule has 0 radical (unpaired) electrons. The molecule has 1 aromatic carbocycles. The second-order valence-electron chi connectivity index (χ2n) is 5.69. The summed E-state index contributed by atoms with van der Waals surface area (Å²) in [5.41, 5.74) is 2.31. The molecule has 126 valence electrons. The fraction of sp³-hybridized carbons (Fsp3) is 0.294. The predicted octanol–water partition coefficient (Wildman–Crippen LogP) is 3.20. The molecule has 0 bridgehead atoms. The molecule has 0 aliphatic carbocycles. The van der Waals surface area contributed by atoms with Gasteiger partial charge in [-0.2, -0.15) is 0 Å². The minimum Gasteiger partial charge on any atom is -0.331 e. The minimum atomic E-state index is -0.414. The van der Waals surface area contributed by atoms with Crippen molar-refractivity contribution in [1.29, 1.82) is 0 Å². The van der Waals surface area contributed by atoms with E-state index in [1.165, 1.54) is 6.07 Å². The molecule has 1 N–H and O–H groups in total. The topological polar surface area (TPSA) is 88.4 Å². The average Bonchev–Trinajstić information content (AvgIpc) is 2.55. The van der Waals surface area contributed by atoms with Gasteiger partial charge in [0, 0.05) is 37.6 Å². The lowest BCUT2D eigenvalue weighted by atomic mass is 10.0. The Hall–Kier alpha value is -2.96. The van der Waals surface area contributed by atoms with Crippen LogP contribution in [0.15, 0.2) is 42.7 Å². The Balaban J connectivity index is 2.03. The molecule has 2 amide bonds. The number of benzene rings is 1. The Morgan fingerprint density at radius 1 is 1.33 bits per heavy atom. The van der Waals surface area contributed by atoms with E-state index in [4.69, 9.17) is 0 Å². The number of aryl methyl sites for hydroxylation is 1. The van der Waals surface area contributed by atoms with Crippen LogP contribution in [0.1, 0.15) is 29.7 Å². The molecule has 2 rings (SSSR count). The molecule has 7 heteroatoms. The number of pyridine rings is 1. The lowest BCUT2D eigenvalue weighted by molar-refractivity contribution is -0.385. The SMILES string of the molecule is Cc1ccc([C@H](C)NC(=O)N(C)Cc2ccncc2)cc1[N+](=O)[O-]. The Kier molecular flexibility index (Phi) is 5.47. The molecule has 0 spiro atoms. The molecule has 0 fully saturated rings. The number of amides is 2. The minimum absolute atomic E-state index is 0.0544. The maximum Gasteiger partial charge on any atom is 0.317 e. The van der Waals surface area contributed by atoms with Crippen molar-refractivity contribution in [3.63, 3.8) is 0 Å². The molecule has 0 saturated carbocycles. The summed E-state index contributed by atoms with van der Waals surface area (Å²) >= 11 is 0. The summed E-state index contributed by atoms with van der Waals surface area (Å²) in [6, 6.07) is 8.09. The van der Waals surface area contributed by atoms with Gasteiger partial charge >= 0.3 is 6.03 Å². The van der Waals surface area contributed by atoms with E-state index in [9.17, 15) is 14.9 Å². The molecule has 1 heterocycles. The van der Waals surface area contributed by atoms with Crippen molar-refractivity contribution in [2.75, 3.05) is 7.05 Å². The van der Waals surface area contributed by atoms with E-state index in [1.54, 1.807) is 50.3 Å². The smallest absolute Gasteiger partial charge is 0.317 e. The van der Waals surface area contributed by atoms with Gasteiger partial charge in [0.2, 0.25) is 0 Å². The van der Waals surface area contributed by atoms with Gasteiger partial charge in [0.1, 0.15) is 0 Å². The van der Waals surface area contributed by atoms with Crippen molar-refractivity contribution in [3.8, 4) is 0 Å². The van der Waals surface area contributed by atoms with Crippen LogP contribution in [0.25, 0.3) is 0 Å². The Morgan fingerprint density at radius 2 is 2.00 bits per heavy atom. The highest BCUT2D eigenvalue weighted by Crippen LogP contribution is 2.23. The molecular weight excluding hydrogens is 308 g/mol. The van der Waals surface area contributed by atoms with Crippen LogP contribution in [0, 0.1) is 17.0 Å².